The number of benzene rings is 1. The molecule has 5 heteroatoms. The molecule has 1 aliphatic carbocycles. The monoisotopic (exact) mass is 348 g/mol. The lowest BCUT2D eigenvalue weighted by atomic mass is 9.87. The number of aromatic carboxylic acids is 1. The summed E-state index contributed by atoms with van der Waals surface area (Å²) in [5.74, 6) is -0.932. The second-order valence-corrected chi connectivity index (χ2v) is 6.66. The van der Waals surface area contributed by atoms with Gasteiger partial charge < -0.3 is 14.6 Å². The molecule has 2 rings (SSSR count). The maximum absolute atomic E-state index is 12.2. The standard InChI is InChI=1S/C20H28O5/c1-2-3-4-5-14-24-17-10-8-16(9-11-17)20(23)25-18-12-6-15(7-13-18)19(21)22/h6-7,12-13,16-17H,2-5,8-11,14H2,1H3,(H,21,22). The molecule has 25 heavy (non-hydrogen) atoms. The van der Waals surface area contributed by atoms with Crippen LogP contribution in [0.4, 0.5) is 0 Å². The Hall–Kier alpha value is -1.88. The number of ether oxygens (including phenoxy) is 2. The number of rotatable bonds is 9. The van der Waals surface area contributed by atoms with Crippen LogP contribution in [-0.2, 0) is 9.53 Å². The molecule has 0 radical (unpaired) electrons. The number of esters is 1. The molecule has 0 aliphatic heterocycles. The van der Waals surface area contributed by atoms with Crippen LogP contribution in [0.15, 0.2) is 24.3 Å². The second-order valence-electron chi connectivity index (χ2n) is 6.66. The highest BCUT2D eigenvalue weighted by Gasteiger charge is 2.28. The van der Waals surface area contributed by atoms with E-state index in [-0.39, 0.29) is 23.6 Å². The third-order valence-corrected chi connectivity index (χ3v) is 4.68. The van der Waals surface area contributed by atoms with Crippen LogP contribution in [-0.4, -0.2) is 29.8 Å². The van der Waals surface area contributed by atoms with E-state index in [0.717, 1.165) is 38.7 Å². The molecular weight excluding hydrogens is 320 g/mol. The second kappa shape index (κ2) is 10.2. The molecule has 0 amide bonds. The van der Waals surface area contributed by atoms with E-state index in [2.05, 4.69) is 6.92 Å². The summed E-state index contributed by atoms with van der Waals surface area (Å²) in [4.78, 5) is 23.1. The Morgan fingerprint density at radius 2 is 1.72 bits per heavy atom. The molecule has 1 aromatic rings. The van der Waals surface area contributed by atoms with Gasteiger partial charge >= 0.3 is 11.9 Å². The summed E-state index contributed by atoms with van der Waals surface area (Å²) >= 11 is 0. The van der Waals surface area contributed by atoms with Gasteiger partial charge in [-0.25, -0.2) is 4.79 Å². The van der Waals surface area contributed by atoms with Crippen molar-refractivity contribution in [2.24, 2.45) is 5.92 Å². The molecule has 0 unspecified atom stereocenters. The van der Waals surface area contributed by atoms with Crippen molar-refractivity contribution in [3.8, 4) is 5.75 Å². The van der Waals surface area contributed by atoms with E-state index in [4.69, 9.17) is 14.6 Å². The number of carbonyl (C=O) groups excluding carboxylic acids is 1. The quantitative estimate of drug-likeness (QED) is 0.405. The van der Waals surface area contributed by atoms with E-state index < -0.39 is 5.97 Å². The first kappa shape index (κ1) is 19.4. The average Bonchev–Trinajstić information content (AvgIpc) is 2.62. The lowest BCUT2D eigenvalue weighted by Gasteiger charge is -2.27. The summed E-state index contributed by atoms with van der Waals surface area (Å²) in [6, 6.07) is 5.92. The molecule has 0 bridgehead atoms. The minimum atomic E-state index is -0.995. The lowest BCUT2D eigenvalue weighted by Crippen LogP contribution is -2.29. The third kappa shape index (κ3) is 6.50. The van der Waals surface area contributed by atoms with Crippen molar-refractivity contribution in [3.63, 3.8) is 0 Å². The van der Waals surface area contributed by atoms with Crippen molar-refractivity contribution < 1.29 is 24.2 Å². The summed E-state index contributed by atoms with van der Waals surface area (Å²) in [6.07, 6.45) is 8.44. The molecule has 0 atom stereocenters. The molecule has 1 saturated carbocycles. The first-order valence-corrected chi connectivity index (χ1v) is 9.26. The number of carboxylic acid groups (broad SMARTS) is 1. The lowest BCUT2D eigenvalue weighted by molar-refractivity contribution is -0.141. The molecule has 1 N–H and O–H groups in total. The molecule has 0 heterocycles. The van der Waals surface area contributed by atoms with E-state index in [1.165, 1.54) is 43.5 Å². The van der Waals surface area contributed by atoms with E-state index in [1.807, 2.05) is 0 Å². The molecule has 0 saturated heterocycles. The van der Waals surface area contributed by atoms with Crippen molar-refractivity contribution in [3.05, 3.63) is 29.8 Å². The van der Waals surface area contributed by atoms with Crippen molar-refractivity contribution in [1.29, 1.82) is 0 Å². The first-order valence-electron chi connectivity index (χ1n) is 9.26. The van der Waals surface area contributed by atoms with E-state index >= 15 is 0 Å². The molecule has 5 nitrogen and oxygen atoms in total. The third-order valence-electron chi connectivity index (χ3n) is 4.68. The van der Waals surface area contributed by atoms with E-state index in [0.29, 0.717) is 5.75 Å². The summed E-state index contributed by atoms with van der Waals surface area (Å²) in [5.41, 5.74) is 0.177. The van der Waals surface area contributed by atoms with Crippen LogP contribution in [0.2, 0.25) is 0 Å². The summed E-state index contributed by atoms with van der Waals surface area (Å²) in [5, 5.41) is 8.87. The Balaban J connectivity index is 1.69. The SMILES string of the molecule is CCCCCCOC1CCC(C(=O)Oc2ccc(C(=O)O)cc2)CC1. The van der Waals surface area contributed by atoms with E-state index in [1.54, 1.807) is 0 Å². The molecule has 0 aromatic heterocycles. The summed E-state index contributed by atoms with van der Waals surface area (Å²) in [7, 11) is 0. The smallest absolute Gasteiger partial charge is 0.335 e. The van der Waals surface area contributed by atoms with Crippen LogP contribution in [0, 0.1) is 5.92 Å². The highest BCUT2D eigenvalue weighted by atomic mass is 16.5. The molecule has 1 aromatic carbocycles. The predicted molar refractivity (Wildman–Crippen MR) is 94.9 cm³/mol. The first-order chi connectivity index (χ1) is 12.1. The van der Waals surface area contributed by atoms with Gasteiger partial charge in [-0.2, -0.15) is 0 Å². The van der Waals surface area contributed by atoms with Crippen LogP contribution in [0.5, 0.6) is 5.75 Å². The molecule has 1 aliphatic rings. The number of carboxylic acids is 1. The summed E-state index contributed by atoms with van der Waals surface area (Å²) < 4.78 is 11.3. The van der Waals surface area contributed by atoms with Gasteiger partial charge in [-0.15, -0.1) is 0 Å². The van der Waals surface area contributed by atoms with Gasteiger partial charge in [0.2, 0.25) is 0 Å². The van der Waals surface area contributed by atoms with Crippen LogP contribution in [0.1, 0.15) is 68.6 Å². The number of unbranched alkanes of at least 4 members (excludes halogenated alkanes) is 3. The Morgan fingerprint density at radius 3 is 2.32 bits per heavy atom. The number of carbonyl (C=O) groups is 2. The number of hydrogen-bond donors (Lipinski definition) is 1. The largest absolute Gasteiger partial charge is 0.478 e. The maximum Gasteiger partial charge on any atom is 0.335 e. The van der Waals surface area contributed by atoms with Gasteiger partial charge in [0, 0.05) is 6.61 Å². The fourth-order valence-corrected chi connectivity index (χ4v) is 3.11. The Labute approximate surface area is 149 Å². The fourth-order valence-electron chi connectivity index (χ4n) is 3.11. The van der Waals surface area contributed by atoms with Crippen LogP contribution in [0.3, 0.4) is 0 Å². The van der Waals surface area contributed by atoms with E-state index in [9.17, 15) is 9.59 Å². The molecule has 0 spiro atoms. The number of hydrogen-bond acceptors (Lipinski definition) is 4. The molecular formula is C20H28O5. The Morgan fingerprint density at radius 1 is 1.04 bits per heavy atom. The van der Waals surface area contributed by atoms with Gasteiger partial charge in [0.1, 0.15) is 5.75 Å². The van der Waals surface area contributed by atoms with Crippen LogP contribution < -0.4 is 4.74 Å². The van der Waals surface area contributed by atoms with Gasteiger partial charge in [-0.1, -0.05) is 26.2 Å². The van der Waals surface area contributed by atoms with Crippen molar-refractivity contribution in [2.45, 2.75) is 64.4 Å². The van der Waals surface area contributed by atoms with Gasteiger partial charge in [-0.3, -0.25) is 4.79 Å². The zero-order valence-electron chi connectivity index (χ0n) is 14.9. The van der Waals surface area contributed by atoms with Gasteiger partial charge in [0.25, 0.3) is 0 Å². The van der Waals surface area contributed by atoms with Gasteiger partial charge in [-0.05, 0) is 56.4 Å². The minimum Gasteiger partial charge on any atom is -0.478 e. The average molecular weight is 348 g/mol. The van der Waals surface area contributed by atoms with Crippen molar-refractivity contribution in [1.82, 2.24) is 0 Å². The van der Waals surface area contributed by atoms with Gasteiger partial charge in [0.15, 0.2) is 0 Å². The maximum atomic E-state index is 12.2. The Kier molecular flexibility index (Phi) is 7.92. The molecule has 1 fully saturated rings. The van der Waals surface area contributed by atoms with Crippen LogP contribution >= 0.6 is 0 Å². The topological polar surface area (TPSA) is 72.8 Å². The van der Waals surface area contributed by atoms with Crippen molar-refractivity contribution >= 4 is 11.9 Å². The van der Waals surface area contributed by atoms with Gasteiger partial charge in [0.05, 0.1) is 17.6 Å². The van der Waals surface area contributed by atoms with Crippen LogP contribution in [0.25, 0.3) is 0 Å². The zero-order valence-corrected chi connectivity index (χ0v) is 14.9. The fraction of sp³-hybridized carbons (Fsp3) is 0.600. The zero-order chi connectivity index (χ0) is 18.1. The predicted octanol–water partition coefficient (Wildman–Crippen LogP) is 4.45. The molecule has 138 valence electrons. The highest BCUT2D eigenvalue weighted by molar-refractivity contribution is 5.87. The minimum absolute atomic E-state index is 0.0981. The van der Waals surface area contributed by atoms with Crippen molar-refractivity contribution in [2.75, 3.05) is 6.61 Å². The highest BCUT2D eigenvalue weighted by Crippen LogP contribution is 2.28. The summed E-state index contributed by atoms with van der Waals surface area (Å²) in [6.45, 7) is 3.01. The Bertz CT molecular complexity index is 544. The normalized spacial score (nSPS) is 20.2.